The Balaban J connectivity index is 0.000000511. The van der Waals surface area contributed by atoms with Crippen molar-refractivity contribution in [3.8, 4) is 6.07 Å². The van der Waals surface area contributed by atoms with E-state index in [1.54, 1.807) is 6.07 Å². The van der Waals surface area contributed by atoms with E-state index in [1.165, 1.54) is 29.2 Å². The van der Waals surface area contributed by atoms with Crippen molar-refractivity contribution in [2.45, 2.75) is 38.5 Å². The van der Waals surface area contributed by atoms with Crippen LogP contribution in [-0.4, -0.2) is 29.2 Å². The van der Waals surface area contributed by atoms with E-state index >= 15 is 0 Å². The van der Waals surface area contributed by atoms with Crippen molar-refractivity contribution in [1.82, 2.24) is 0 Å². The summed E-state index contributed by atoms with van der Waals surface area (Å²) >= 11 is 0. The first kappa shape index (κ1) is 18.9. The molecule has 25 heavy (non-hydrogen) atoms. The van der Waals surface area contributed by atoms with Gasteiger partial charge in [-0.15, -0.1) is 0 Å². The van der Waals surface area contributed by atoms with Gasteiger partial charge in [-0.2, -0.15) is 5.26 Å². The summed E-state index contributed by atoms with van der Waals surface area (Å²) in [6.45, 7) is 3.90. The molecule has 1 unspecified atom stereocenters. The quantitative estimate of drug-likeness (QED) is 0.816. The Morgan fingerprint density at radius 2 is 1.96 bits per heavy atom. The molecule has 0 aliphatic heterocycles. The number of carbonyl (C=O) groups excluding carboxylic acids is 1. The van der Waals surface area contributed by atoms with Gasteiger partial charge in [-0.05, 0) is 55.0 Å². The lowest BCUT2D eigenvalue weighted by atomic mass is 9.61. The number of hydrogen-bond donors (Lipinski definition) is 2. The van der Waals surface area contributed by atoms with Crippen LogP contribution in [0.15, 0.2) is 35.1 Å². The highest BCUT2D eigenvalue weighted by atomic mass is 16.3. The van der Waals surface area contributed by atoms with Crippen LogP contribution in [0.25, 0.3) is 0 Å². The minimum absolute atomic E-state index is 0.0376. The maximum absolute atomic E-state index is 12.1. The van der Waals surface area contributed by atoms with E-state index in [1.807, 2.05) is 0 Å². The number of nitriles is 1. The van der Waals surface area contributed by atoms with Crippen LogP contribution in [0.4, 0.5) is 0 Å². The monoisotopic (exact) mass is 341 g/mol. The number of aliphatic hydroxyl groups is 2. The molecule has 1 aliphatic rings. The molecule has 1 atom stereocenters. The first-order valence-electron chi connectivity index (χ1n) is 8.26. The second kappa shape index (κ2) is 8.11. The Morgan fingerprint density at radius 3 is 2.52 bits per heavy atom. The summed E-state index contributed by atoms with van der Waals surface area (Å²) in [6, 6.07) is 8.39. The van der Waals surface area contributed by atoms with Crippen molar-refractivity contribution >= 4 is 5.78 Å². The zero-order valence-corrected chi connectivity index (χ0v) is 14.6. The lowest BCUT2D eigenvalue weighted by Gasteiger charge is -2.39. The van der Waals surface area contributed by atoms with Gasteiger partial charge in [-0.3, -0.25) is 4.79 Å². The summed E-state index contributed by atoms with van der Waals surface area (Å²) in [5, 5.41) is 24.9. The van der Waals surface area contributed by atoms with Gasteiger partial charge in [0.2, 0.25) is 0 Å². The van der Waals surface area contributed by atoms with Crippen molar-refractivity contribution in [2.75, 3.05) is 13.2 Å². The molecule has 0 bridgehead atoms. The number of ketones is 1. The summed E-state index contributed by atoms with van der Waals surface area (Å²) in [6.07, 6.45) is 4.66. The fourth-order valence-electron chi connectivity index (χ4n) is 3.05. The molecule has 0 amide bonds. The summed E-state index contributed by atoms with van der Waals surface area (Å²) in [4.78, 5) is 12.1. The number of benzene rings is 1. The number of furan rings is 1. The van der Waals surface area contributed by atoms with Gasteiger partial charge in [0.25, 0.3) is 0 Å². The molecule has 2 N–H and O–H groups in total. The molecule has 1 aromatic carbocycles. The summed E-state index contributed by atoms with van der Waals surface area (Å²) in [5.74, 6) is 0.0376. The van der Waals surface area contributed by atoms with E-state index in [9.17, 15) is 10.1 Å². The SMILES string of the molecule is Cc1cc2c(cc1C)C(C#N)(CCC(=O)c1ccoc1)C2.OCCO. The zero-order chi connectivity index (χ0) is 18.4. The Hall–Kier alpha value is -2.42. The second-order valence-corrected chi connectivity index (χ2v) is 6.35. The van der Waals surface area contributed by atoms with Gasteiger partial charge in [-0.25, -0.2) is 0 Å². The Kier molecular flexibility index (Phi) is 6.13. The maximum Gasteiger partial charge on any atom is 0.166 e. The van der Waals surface area contributed by atoms with E-state index < -0.39 is 5.41 Å². The van der Waals surface area contributed by atoms with Gasteiger partial charge >= 0.3 is 0 Å². The third kappa shape index (κ3) is 3.98. The predicted molar refractivity (Wildman–Crippen MR) is 93.4 cm³/mol. The van der Waals surface area contributed by atoms with Crippen LogP contribution in [-0.2, 0) is 11.8 Å². The van der Waals surface area contributed by atoms with Crippen molar-refractivity contribution in [2.24, 2.45) is 0 Å². The molecule has 132 valence electrons. The van der Waals surface area contributed by atoms with Crippen LogP contribution in [0.2, 0.25) is 0 Å². The van der Waals surface area contributed by atoms with E-state index in [2.05, 4.69) is 32.0 Å². The molecule has 5 heteroatoms. The average Bonchev–Trinajstić information content (AvgIpc) is 3.15. The van der Waals surface area contributed by atoms with Crippen molar-refractivity contribution in [3.63, 3.8) is 0 Å². The van der Waals surface area contributed by atoms with E-state index in [0.29, 0.717) is 18.4 Å². The standard InChI is InChI=1S/C18H17NO2.C2H6O2/c1-12-7-15-9-18(11-19,16(15)8-13(12)2)5-3-17(20)14-4-6-21-10-14;3-1-2-4/h4,6-8,10H,3,5,9H2,1-2H3;3-4H,1-2H2. The molecule has 0 radical (unpaired) electrons. The largest absolute Gasteiger partial charge is 0.472 e. The van der Waals surface area contributed by atoms with Crippen LogP contribution < -0.4 is 0 Å². The first-order valence-corrected chi connectivity index (χ1v) is 8.26. The fraction of sp³-hybridized carbons (Fsp3) is 0.400. The minimum Gasteiger partial charge on any atom is -0.472 e. The third-order valence-corrected chi connectivity index (χ3v) is 4.66. The Bertz CT molecular complexity index is 772. The highest BCUT2D eigenvalue weighted by molar-refractivity contribution is 5.95. The fourth-order valence-corrected chi connectivity index (χ4v) is 3.05. The molecule has 0 saturated carbocycles. The third-order valence-electron chi connectivity index (χ3n) is 4.66. The van der Waals surface area contributed by atoms with Crippen molar-refractivity contribution in [1.29, 1.82) is 5.26 Å². The highest BCUT2D eigenvalue weighted by Crippen LogP contribution is 2.45. The van der Waals surface area contributed by atoms with Crippen molar-refractivity contribution < 1.29 is 19.4 Å². The lowest BCUT2D eigenvalue weighted by Crippen LogP contribution is -2.38. The lowest BCUT2D eigenvalue weighted by molar-refractivity contribution is 0.0971. The average molecular weight is 341 g/mol. The highest BCUT2D eigenvalue weighted by Gasteiger charge is 2.43. The van der Waals surface area contributed by atoms with Crippen LogP contribution in [0.5, 0.6) is 0 Å². The maximum atomic E-state index is 12.1. The van der Waals surface area contributed by atoms with Gasteiger partial charge in [0, 0.05) is 6.42 Å². The summed E-state index contributed by atoms with van der Waals surface area (Å²) in [5.41, 5.74) is 4.91. The molecule has 5 nitrogen and oxygen atoms in total. The van der Waals surface area contributed by atoms with Crippen LogP contribution in [0, 0.1) is 25.2 Å². The first-order chi connectivity index (χ1) is 12.0. The van der Waals surface area contributed by atoms with Gasteiger partial charge < -0.3 is 14.6 Å². The molecule has 1 heterocycles. The minimum atomic E-state index is -0.493. The molecule has 1 aromatic heterocycles. The number of fused-ring (bicyclic) bond motifs is 1. The van der Waals surface area contributed by atoms with Gasteiger partial charge in [0.1, 0.15) is 6.26 Å². The van der Waals surface area contributed by atoms with Crippen LogP contribution >= 0.6 is 0 Å². The second-order valence-electron chi connectivity index (χ2n) is 6.35. The number of aryl methyl sites for hydroxylation is 2. The number of carbonyl (C=O) groups is 1. The van der Waals surface area contributed by atoms with Crippen LogP contribution in [0.3, 0.4) is 0 Å². The predicted octanol–water partition coefficient (Wildman–Crippen LogP) is 2.85. The van der Waals surface area contributed by atoms with E-state index in [0.717, 1.165) is 12.0 Å². The van der Waals surface area contributed by atoms with E-state index in [4.69, 9.17) is 14.6 Å². The van der Waals surface area contributed by atoms with E-state index in [-0.39, 0.29) is 19.0 Å². The van der Waals surface area contributed by atoms with Crippen LogP contribution in [0.1, 0.15) is 45.5 Å². The normalized spacial score (nSPS) is 17.6. The zero-order valence-electron chi connectivity index (χ0n) is 14.6. The molecule has 0 fully saturated rings. The Morgan fingerprint density at radius 1 is 1.28 bits per heavy atom. The van der Waals surface area contributed by atoms with Crippen molar-refractivity contribution in [3.05, 3.63) is 58.5 Å². The topological polar surface area (TPSA) is 94.5 Å². The smallest absolute Gasteiger partial charge is 0.166 e. The number of rotatable bonds is 5. The van der Waals surface area contributed by atoms with Gasteiger partial charge in [0.15, 0.2) is 5.78 Å². The molecule has 0 spiro atoms. The number of Topliss-reactive ketones (excluding diaryl/α,β-unsaturated/α-hetero) is 1. The van der Waals surface area contributed by atoms with Gasteiger partial charge in [-0.1, -0.05) is 12.1 Å². The number of aliphatic hydroxyl groups excluding tert-OH is 2. The molecule has 2 aromatic rings. The Labute approximate surface area is 147 Å². The number of hydrogen-bond acceptors (Lipinski definition) is 5. The molecular formula is C20H23NO4. The van der Waals surface area contributed by atoms with Gasteiger partial charge in [0.05, 0.1) is 36.5 Å². The summed E-state index contributed by atoms with van der Waals surface area (Å²) < 4.78 is 4.93. The number of nitrogens with zero attached hydrogens (tertiary/aromatic N) is 1. The molecular weight excluding hydrogens is 318 g/mol. The molecule has 1 aliphatic carbocycles. The summed E-state index contributed by atoms with van der Waals surface area (Å²) in [7, 11) is 0. The molecule has 3 rings (SSSR count). The molecule has 0 saturated heterocycles.